The number of nitrogens with one attached hydrogen (secondary N) is 1. The number of hydrogen-bond acceptors (Lipinski definition) is 3. The number of hydrogen-bond donors (Lipinski definition) is 2. The molecule has 10 heteroatoms. The minimum absolute atomic E-state index is 0.102. The van der Waals surface area contributed by atoms with Gasteiger partial charge < -0.3 is 20.2 Å². The van der Waals surface area contributed by atoms with Crippen molar-refractivity contribution in [3.8, 4) is 0 Å². The minimum atomic E-state index is -1.30. The molecule has 2 aromatic rings. The summed E-state index contributed by atoms with van der Waals surface area (Å²) in [5, 5.41) is 11.5. The van der Waals surface area contributed by atoms with Crippen molar-refractivity contribution in [2.75, 3.05) is 31.5 Å². The zero-order valence-electron chi connectivity index (χ0n) is 14.4. The van der Waals surface area contributed by atoms with E-state index in [1.54, 1.807) is 6.07 Å². The highest BCUT2D eigenvalue weighted by Gasteiger charge is 2.28. The zero-order chi connectivity index (χ0) is 20.4. The molecule has 0 bridgehead atoms. The topological polar surface area (TPSA) is 72.9 Å². The molecule has 0 spiro atoms. The first-order chi connectivity index (χ1) is 13.3. The molecular formula is C18H15F3IN3O3. The molecule has 0 aliphatic carbocycles. The van der Waals surface area contributed by atoms with E-state index in [1.807, 2.05) is 22.6 Å². The van der Waals surface area contributed by atoms with Gasteiger partial charge in [0.05, 0.1) is 16.9 Å². The first kappa shape index (κ1) is 20.2. The molecule has 0 saturated carbocycles. The molecule has 148 valence electrons. The fourth-order valence-corrected chi connectivity index (χ4v) is 3.30. The fraction of sp³-hybridized carbons (Fsp3) is 0.222. The molecule has 6 nitrogen and oxygen atoms in total. The predicted molar refractivity (Wildman–Crippen MR) is 104 cm³/mol. The molecule has 1 heterocycles. The van der Waals surface area contributed by atoms with E-state index in [1.165, 1.54) is 17.0 Å². The monoisotopic (exact) mass is 505 g/mol. The van der Waals surface area contributed by atoms with E-state index in [2.05, 4.69) is 5.32 Å². The van der Waals surface area contributed by atoms with Crippen LogP contribution in [0.25, 0.3) is 0 Å². The van der Waals surface area contributed by atoms with Gasteiger partial charge in [-0.2, -0.15) is 0 Å². The molecule has 1 fully saturated rings. The summed E-state index contributed by atoms with van der Waals surface area (Å²) in [6, 6.07) is 6.10. The van der Waals surface area contributed by atoms with Crippen LogP contribution in [0.1, 0.15) is 10.4 Å². The van der Waals surface area contributed by atoms with Crippen LogP contribution in [0, 0.1) is 21.0 Å². The lowest BCUT2D eigenvalue weighted by Gasteiger charge is -2.33. The Morgan fingerprint density at radius 3 is 2.21 bits per heavy atom. The van der Waals surface area contributed by atoms with E-state index >= 15 is 0 Å². The van der Waals surface area contributed by atoms with Crippen molar-refractivity contribution in [1.29, 1.82) is 0 Å². The smallest absolute Gasteiger partial charge is 0.407 e. The number of carboxylic acid groups (broad SMARTS) is 1. The van der Waals surface area contributed by atoms with Crippen molar-refractivity contribution in [2.24, 2.45) is 0 Å². The molecule has 1 aliphatic heterocycles. The maximum Gasteiger partial charge on any atom is 0.407 e. The molecule has 1 saturated heterocycles. The summed E-state index contributed by atoms with van der Waals surface area (Å²) >= 11 is 1.91. The largest absolute Gasteiger partial charge is 0.465 e. The number of carbonyl (C=O) groups is 2. The summed E-state index contributed by atoms with van der Waals surface area (Å²) in [4.78, 5) is 26.3. The molecule has 0 unspecified atom stereocenters. The second-order valence-electron chi connectivity index (χ2n) is 6.09. The number of benzene rings is 2. The lowest BCUT2D eigenvalue weighted by Crippen LogP contribution is -2.50. The number of anilines is 2. The van der Waals surface area contributed by atoms with Crippen LogP contribution in [0.15, 0.2) is 30.3 Å². The van der Waals surface area contributed by atoms with Crippen molar-refractivity contribution in [1.82, 2.24) is 9.80 Å². The lowest BCUT2D eigenvalue weighted by atomic mass is 10.1. The number of nitrogens with zero attached hydrogens (tertiary/aromatic N) is 2. The third kappa shape index (κ3) is 4.16. The third-order valence-corrected chi connectivity index (χ3v) is 5.02. The SMILES string of the molecule is O=C(O)N1CCN(C(=O)c2ccc(F)c(F)c2Nc2ccc(I)cc2F)CC1. The van der Waals surface area contributed by atoms with Crippen molar-refractivity contribution in [2.45, 2.75) is 0 Å². The number of carbonyl (C=O) groups excluding carboxylic acids is 1. The number of halogens is 4. The van der Waals surface area contributed by atoms with E-state index in [-0.39, 0.29) is 37.4 Å². The highest BCUT2D eigenvalue weighted by molar-refractivity contribution is 14.1. The second kappa shape index (κ2) is 8.25. The fourth-order valence-electron chi connectivity index (χ4n) is 2.85. The van der Waals surface area contributed by atoms with Crippen molar-refractivity contribution < 1.29 is 27.9 Å². The van der Waals surface area contributed by atoms with Gasteiger partial charge in [0.2, 0.25) is 0 Å². The van der Waals surface area contributed by atoms with Gasteiger partial charge in [-0.3, -0.25) is 4.79 Å². The van der Waals surface area contributed by atoms with Gasteiger partial charge in [-0.1, -0.05) is 0 Å². The molecule has 0 radical (unpaired) electrons. The van der Waals surface area contributed by atoms with E-state index in [4.69, 9.17) is 5.11 Å². The van der Waals surface area contributed by atoms with Crippen LogP contribution < -0.4 is 5.32 Å². The Labute approximate surface area is 172 Å². The minimum Gasteiger partial charge on any atom is -0.465 e. The molecule has 0 aromatic heterocycles. The highest BCUT2D eigenvalue weighted by atomic mass is 127. The molecule has 2 amide bonds. The lowest BCUT2D eigenvalue weighted by molar-refractivity contribution is 0.0625. The van der Waals surface area contributed by atoms with Crippen molar-refractivity contribution >= 4 is 46.0 Å². The Morgan fingerprint density at radius 1 is 0.964 bits per heavy atom. The van der Waals surface area contributed by atoms with Crippen LogP contribution in [0.2, 0.25) is 0 Å². The Bertz CT molecular complexity index is 934. The van der Waals surface area contributed by atoms with Gasteiger partial charge in [-0.05, 0) is 52.9 Å². The van der Waals surface area contributed by atoms with E-state index in [0.29, 0.717) is 3.57 Å². The first-order valence-corrected chi connectivity index (χ1v) is 9.33. The van der Waals surface area contributed by atoms with Gasteiger partial charge in [-0.15, -0.1) is 0 Å². The van der Waals surface area contributed by atoms with Gasteiger partial charge in [-0.25, -0.2) is 18.0 Å². The van der Waals surface area contributed by atoms with Gasteiger partial charge in [0.15, 0.2) is 11.6 Å². The van der Waals surface area contributed by atoms with Crippen LogP contribution >= 0.6 is 22.6 Å². The van der Waals surface area contributed by atoms with Crippen molar-refractivity contribution in [3.05, 3.63) is 56.9 Å². The highest BCUT2D eigenvalue weighted by Crippen LogP contribution is 2.29. The van der Waals surface area contributed by atoms with Crippen LogP contribution in [0.4, 0.5) is 29.3 Å². The summed E-state index contributed by atoms with van der Waals surface area (Å²) in [7, 11) is 0. The predicted octanol–water partition coefficient (Wildman–Crippen LogP) is 3.89. The van der Waals surface area contributed by atoms with E-state index in [9.17, 15) is 22.8 Å². The zero-order valence-corrected chi connectivity index (χ0v) is 16.5. The maximum atomic E-state index is 14.4. The van der Waals surface area contributed by atoms with Crippen molar-refractivity contribution in [3.63, 3.8) is 0 Å². The Kier molecular flexibility index (Phi) is 5.96. The molecule has 3 rings (SSSR count). The normalized spacial score (nSPS) is 14.1. The average Bonchev–Trinajstić information content (AvgIpc) is 2.67. The van der Waals surface area contributed by atoms with E-state index in [0.717, 1.165) is 17.0 Å². The standard InChI is InChI=1S/C18H15F3IN3O3/c19-12-3-2-11(17(26)24-5-7-25(8-6-24)18(27)28)16(15(12)21)23-14-4-1-10(22)9-13(14)20/h1-4,9,23H,5-8H2,(H,27,28). The first-order valence-electron chi connectivity index (χ1n) is 8.25. The second-order valence-corrected chi connectivity index (χ2v) is 7.34. The van der Waals surface area contributed by atoms with Crippen LogP contribution in [0.3, 0.4) is 0 Å². The molecular weight excluding hydrogens is 490 g/mol. The summed E-state index contributed by atoms with van der Waals surface area (Å²) in [5.74, 6) is -3.75. The number of amides is 2. The summed E-state index contributed by atoms with van der Waals surface area (Å²) in [6.45, 7) is 0.446. The molecule has 28 heavy (non-hydrogen) atoms. The Balaban J connectivity index is 1.90. The maximum absolute atomic E-state index is 14.4. The van der Waals surface area contributed by atoms with Crippen LogP contribution in [-0.2, 0) is 0 Å². The summed E-state index contributed by atoms with van der Waals surface area (Å²) in [6.07, 6.45) is -1.09. The van der Waals surface area contributed by atoms with Gasteiger partial charge in [0.25, 0.3) is 5.91 Å². The summed E-state index contributed by atoms with van der Waals surface area (Å²) in [5.41, 5.74) is -0.735. The van der Waals surface area contributed by atoms with Gasteiger partial charge >= 0.3 is 6.09 Å². The third-order valence-electron chi connectivity index (χ3n) is 4.35. The Hall–Kier alpha value is -2.50. The quantitative estimate of drug-likeness (QED) is 0.622. The average molecular weight is 505 g/mol. The molecule has 0 atom stereocenters. The number of piperazine rings is 1. The molecule has 2 aromatic carbocycles. The summed E-state index contributed by atoms with van der Waals surface area (Å²) < 4.78 is 43.0. The molecule has 1 aliphatic rings. The molecule has 2 N–H and O–H groups in total. The van der Waals surface area contributed by atoms with Gasteiger partial charge in [0.1, 0.15) is 5.82 Å². The van der Waals surface area contributed by atoms with Crippen LogP contribution in [0.5, 0.6) is 0 Å². The Morgan fingerprint density at radius 2 is 1.61 bits per heavy atom. The van der Waals surface area contributed by atoms with Crippen LogP contribution in [-0.4, -0.2) is 53.1 Å². The van der Waals surface area contributed by atoms with E-state index < -0.39 is 35.1 Å². The van der Waals surface area contributed by atoms with Gasteiger partial charge in [0, 0.05) is 29.7 Å². The number of rotatable bonds is 3.